The third kappa shape index (κ3) is 6.27. The smallest absolute Gasteiger partial charge is 0.297 e. The Morgan fingerprint density at radius 3 is 2.43 bits per heavy atom. The third-order valence-corrected chi connectivity index (χ3v) is 16.4. The number of ether oxygens (including phenoxy) is 3. The molecule has 3 aliphatic rings. The Hall–Kier alpha value is -4.42. The van der Waals surface area contributed by atoms with Crippen LogP contribution in [-0.2, 0) is 26.5 Å². The summed E-state index contributed by atoms with van der Waals surface area (Å²) in [6.07, 6.45) is 2.84. The highest BCUT2D eigenvalue weighted by atomic mass is 35.5. The standard InChI is InChI=1S/C41H46ClN3O7Si/c1-26-38(53(4,5)32-17-15-31(50-2)16-18-32)36(23-37(47)43-20-6-8-30(43)25-46)52-41(26)33-22-28(42)12-19-34(33)45(40(41)49)24-27-10-13-29(14-11-27)44-21-7-9-35(51-3)39(44)48/h7,9-19,21-22,26,30,36,38,46H,6,8,20,23-25H2,1-5H3/t26-,30-,36+,38-,41+/m0/s1. The molecule has 4 heterocycles. The van der Waals surface area contributed by atoms with Crippen molar-refractivity contribution in [3.05, 3.63) is 112 Å². The van der Waals surface area contributed by atoms with Crippen LogP contribution in [-0.4, -0.2) is 74.0 Å². The number of aliphatic hydroxyl groups is 1. The highest BCUT2D eigenvalue weighted by molar-refractivity contribution is 6.91. The van der Waals surface area contributed by atoms with Gasteiger partial charge in [-0.05, 0) is 78.5 Å². The molecule has 4 aromatic rings. The van der Waals surface area contributed by atoms with Crippen LogP contribution in [0.25, 0.3) is 5.69 Å². The molecular weight excluding hydrogens is 710 g/mol. The molecule has 10 nitrogen and oxygen atoms in total. The Kier molecular flexibility index (Phi) is 10.0. The topological polar surface area (TPSA) is 111 Å². The van der Waals surface area contributed by atoms with Crippen molar-refractivity contribution in [1.29, 1.82) is 0 Å². The summed E-state index contributed by atoms with van der Waals surface area (Å²) < 4.78 is 19.4. The van der Waals surface area contributed by atoms with E-state index < -0.39 is 19.8 Å². The monoisotopic (exact) mass is 755 g/mol. The molecule has 1 aromatic heterocycles. The van der Waals surface area contributed by atoms with E-state index in [9.17, 15) is 14.7 Å². The predicted molar refractivity (Wildman–Crippen MR) is 207 cm³/mol. The van der Waals surface area contributed by atoms with Crippen LogP contribution in [0.3, 0.4) is 0 Å². The van der Waals surface area contributed by atoms with E-state index >= 15 is 4.79 Å². The van der Waals surface area contributed by atoms with E-state index in [1.807, 2.05) is 48.5 Å². The summed E-state index contributed by atoms with van der Waals surface area (Å²) in [5.41, 5.74) is 1.18. The molecule has 2 fully saturated rings. The van der Waals surface area contributed by atoms with E-state index in [4.69, 9.17) is 25.8 Å². The number of pyridine rings is 1. The molecule has 0 radical (unpaired) electrons. The molecule has 12 heteroatoms. The van der Waals surface area contributed by atoms with Crippen LogP contribution in [0.2, 0.25) is 23.7 Å². The van der Waals surface area contributed by atoms with Crippen molar-refractivity contribution in [2.45, 2.75) is 69.1 Å². The molecule has 0 unspecified atom stereocenters. The minimum Gasteiger partial charge on any atom is -0.497 e. The van der Waals surface area contributed by atoms with Gasteiger partial charge in [0.25, 0.3) is 11.5 Å². The fourth-order valence-corrected chi connectivity index (χ4v) is 13.2. The molecule has 3 aliphatic heterocycles. The van der Waals surface area contributed by atoms with E-state index in [-0.39, 0.29) is 60.2 Å². The lowest BCUT2D eigenvalue weighted by Crippen LogP contribution is -2.52. The Labute approximate surface area is 315 Å². The highest BCUT2D eigenvalue weighted by Gasteiger charge is 2.66. The van der Waals surface area contributed by atoms with E-state index in [2.05, 4.69) is 32.2 Å². The van der Waals surface area contributed by atoms with Gasteiger partial charge in [-0.25, -0.2) is 0 Å². The quantitative estimate of drug-likeness (QED) is 0.209. The number of rotatable bonds is 10. The summed E-state index contributed by atoms with van der Waals surface area (Å²) in [4.78, 5) is 45.6. The number of benzene rings is 3. The summed E-state index contributed by atoms with van der Waals surface area (Å²) in [5, 5.41) is 11.7. The normalized spacial score (nSPS) is 23.9. The molecule has 7 rings (SSSR count). The Bertz CT molecular complexity index is 2070. The number of hydrogen-bond acceptors (Lipinski definition) is 7. The van der Waals surface area contributed by atoms with Crippen molar-refractivity contribution >= 4 is 42.4 Å². The fourth-order valence-electron chi connectivity index (χ4n) is 9.06. The number of likely N-dealkylation sites (tertiary alicyclic amines) is 1. The van der Waals surface area contributed by atoms with Gasteiger partial charge >= 0.3 is 0 Å². The van der Waals surface area contributed by atoms with Gasteiger partial charge in [-0.3, -0.25) is 19.0 Å². The highest BCUT2D eigenvalue weighted by Crippen LogP contribution is 2.60. The van der Waals surface area contributed by atoms with Crippen molar-refractivity contribution in [2.75, 3.05) is 32.3 Å². The van der Waals surface area contributed by atoms with E-state index in [1.54, 1.807) is 41.3 Å². The molecule has 0 bridgehead atoms. The van der Waals surface area contributed by atoms with Crippen LogP contribution < -0.4 is 25.1 Å². The van der Waals surface area contributed by atoms with Crippen molar-refractivity contribution < 1.29 is 28.9 Å². The molecule has 0 saturated carbocycles. The van der Waals surface area contributed by atoms with Gasteiger partial charge in [0.2, 0.25) is 5.91 Å². The second-order valence-corrected chi connectivity index (χ2v) is 20.0. The van der Waals surface area contributed by atoms with Crippen LogP contribution in [0.15, 0.2) is 89.9 Å². The summed E-state index contributed by atoms with van der Waals surface area (Å²) in [6.45, 7) is 7.44. The lowest BCUT2D eigenvalue weighted by molar-refractivity contribution is -0.150. The van der Waals surface area contributed by atoms with Gasteiger partial charge in [-0.2, -0.15) is 0 Å². The molecular formula is C41H46ClN3O7Si. The van der Waals surface area contributed by atoms with Crippen molar-refractivity contribution in [1.82, 2.24) is 9.47 Å². The average molecular weight is 756 g/mol. The van der Waals surface area contributed by atoms with Gasteiger partial charge < -0.3 is 29.1 Å². The summed E-state index contributed by atoms with van der Waals surface area (Å²) in [7, 11) is 0.625. The molecule has 1 N–H and O–H groups in total. The molecule has 0 aliphatic carbocycles. The second kappa shape index (κ2) is 14.4. The molecule has 2 amide bonds. The molecule has 5 atom stereocenters. The Morgan fingerprint density at radius 1 is 1.02 bits per heavy atom. The number of fused-ring (bicyclic) bond motifs is 2. The Balaban J connectivity index is 1.26. The van der Waals surface area contributed by atoms with Gasteiger partial charge in [0, 0.05) is 34.9 Å². The zero-order valence-corrected chi connectivity index (χ0v) is 32.5. The number of carbonyl (C=O) groups is 2. The predicted octanol–water partition coefficient (Wildman–Crippen LogP) is 5.64. The first-order valence-electron chi connectivity index (χ1n) is 18.1. The first-order valence-corrected chi connectivity index (χ1v) is 21.6. The molecule has 1 spiro atoms. The lowest BCUT2D eigenvalue weighted by atomic mass is 9.82. The summed E-state index contributed by atoms with van der Waals surface area (Å²) in [5.74, 6) is 0.438. The van der Waals surface area contributed by atoms with E-state index in [0.29, 0.717) is 28.5 Å². The minimum atomic E-state index is -2.49. The molecule has 2 saturated heterocycles. The maximum absolute atomic E-state index is 15.2. The van der Waals surface area contributed by atoms with Crippen LogP contribution >= 0.6 is 11.6 Å². The molecule has 53 heavy (non-hydrogen) atoms. The van der Waals surface area contributed by atoms with Gasteiger partial charge in [0.05, 0.1) is 59.7 Å². The fraction of sp³-hybridized carbons (Fsp3) is 0.390. The van der Waals surface area contributed by atoms with Gasteiger partial charge in [-0.1, -0.05) is 61.1 Å². The van der Waals surface area contributed by atoms with Gasteiger partial charge in [0.15, 0.2) is 11.4 Å². The van der Waals surface area contributed by atoms with E-state index in [1.165, 1.54) is 16.9 Å². The number of aliphatic hydroxyl groups excluding tert-OH is 1. The lowest BCUT2D eigenvalue weighted by Gasteiger charge is -2.37. The number of nitrogens with zero attached hydrogens (tertiary/aromatic N) is 3. The average Bonchev–Trinajstić information content (AvgIpc) is 3.82. The summed E-state index contributed by atoms with van der Waals surface area (Å²) >= 11 is 6.68. The zero-order chi connectivity index (χ0) is 37.7. The van der Waals surface area contributed by atoms with Gasteiger partial charge in [-0.15, -0.1) is 0 Å². The van der Waals surface area contributed by atoms with Crippen molar-refractivity contribution in [3.8, 4) is 17.2 Å². The second-order valence-electron chi connectivity index (χ2n) is 14.9. The molecule has 3 aromatic carbocycles. The SMILES string of the molecule is COc1ccc([Si](C)(C)[C@@H]2[C@@H](CC(=O)N3CCC[C@H]3CO)O[C@]3(C(=O)N(Cc4ccc(-n5cccc(OC)c5=O)cc4)c4ccc(Cl)cc43)[C@H]2C)cc1. The van der Waals surface area contributed by atoms with Crippen molar-refractivity contribution in [3.63, 3.8) is 0 Å². The van der Waals surface area contributed by atoms with E-state index in [0.717, 1.165) is 24.2 Å². The van der Waals surface area contributed by atoms with Crippen LogP contribution in [0.1, 0.15) is 37.3 Å². The number of halogens is 1. The Morgan fingerprint density at radius 2 is 1.75 bits per heavy atom. The first kappa shape index (κ1) is 36.9. The van der Waals surface area contributed by atoms with Gasteiger partial charge in [0.1, 0.15) is 5.75 Å². The number of amides is 2. The number of carbonyl (C=O) groups excluding carboxylic acids is 2. The minimum absolute atomic E-state index is 0.0656. The first-order chi connectivity index (χ1) is 25.4. The molecule has 278 valence electrons. The number of methoxy groups -OCH3 is 2. The summed E-state index contributed by atoms with van der Waals surface area (Å²) in [6, 6.07) is 24.3. The maximum Gasteiger partial charge on any atom is 0.297 e. The largest absolute Gasteiger partial charge is 0.497 e. The van der Waals surface area contributed by atoms with Crippen LogP contribution in [0, 0.1) is 5.92 Å². The van der Waals surface area contributed by atoms with Crippen LogP contribution in [0.4, 0.5) is 5.69 Å². The third-order valence-electron chi connectivity index (χ3n) is 11.8. The van der Waals surface area contributed by atoms with Crippen LogP contribution in [0.5, 0.6) is 11.5 Å². The zero-order valence-electron chi connectivity index (χ0n) is 30.8. The number of aromatic nitrogens is 1. The number of anilines is 1. The number of hydrogen-bond donors (Lipinski definition) is 1. The maximum atomic E-state index is 15.2. The van der Waals surface area contributed by atoms with Crippen molar-refractivity contribution in [2.24, 2.45) is 5.92 Å².